The number of methoxy groups -OCH3 is 1. The van der Waals surface area contributed by atoms with Crippen LogP contribution in [0.1, 0.15) is 11.4 Å². The first-order chi connectivity index (χ1) is 8.29. The lowest BCUT2D eigenvalue weighted by Gasteiger charge is -2.04. The first-order valence-corrected chi connectivity index (χ1v) is 5.10. The molecule has 0 unspecified atom stereocenters. The second kappa shape index (κ2) is 5.16. The number of nitrogens with zero attached hydrogens (tertiary/aromatic N) is 4. The predicted octanol–water partition coefficient (Wildman–Crippen LogP) is 1.94. The molecular formula is C12H12N4O. The zero-order valence-electron chi connectivity index (χ0n) is 9.66. The fourth-order valence-electron chi connectivity index (χ4n) is 1.33. The van der Waals surface area contributed by atoms with E-state index in [1.165, 1.54) is 12.7 Å². The monoisotopic (exact) mass is 228 g/mol. The number of hydrogen-bond donors (Lipinski definition) is 0. The topological polar surface area (TPSA) is 60.3 Å². The summed E-state index contributed by atoms with van der Waals surface area (Å²) in [6.07, 6.45) is 4.44. The highest BCUT2D eigenvalue weighted by molar-refractivity contribution is 5.78. The van der Waals surface area contributed by atoms with Gasteiger partial charge in [0.25, 0.3) is 0 Å². The Bertz CT molecular complexity index is 525. The van der Waals surface area contributed by atoms with Crippen LogP contribution in [0.3, 0.4) is 0 Å². The van der Waals surface area contributed by atoms with Crippen LogP contribution in [0.4, 0.5) is 5.69 Å². The van der Waals surface area contributed by atoms with E-state index in [1.807, 2.05) is 25.1 Å². The van der Waals surface area contributed by atoms with Crippen LogP contribution in [0.25, 0.3) is 0 Å². The summed E-state index contributed by atoms with van der Waals surface area (Å²) in [5.41, 5.74) is 1.87. The van der Waals surface area contributed by atoms with E-state index in [1.54, 1.807) is 13.3 Å². The number of aromatic nitrogens is 3. The van der Waals surface area contributed by atoms with E-state index < -0.39 is 0 Å². The van der Waals surface area contributed by atoms with Crippen LogP contribution in [-0.2, 0) is 0 Å². The minimum atomic E-state index is 0.516. The maximum atomic E-state index is 5.25. The molecule has 1 heterocycles. The lowest BCUT2D eigenvalue weighted by atomic mass is 10.2. The molecule has 0 bridgehead atoms. The second-order valence-corrected chi connectivity index (χ2v) is 3.43. The zero-order valence-corrected chi connectivity index (χ0v) is 9.66. The van der Waals surface area contributed by atoms with Gasteiger partial charge in [-0.3, -0.25) is 0 Å². The standard InChI is InChI=1S/C12H12N4O/c1-9-3-4-10(11(5-9)17-2)14-6-12-15-7-13-8-16-12/h3-8H,1-2H3/b14-6+. The summed E-state index contributed by atoms with van der Waals surface area (Å²) < 4.78 is 5.25. The van der Waals surface area contributed by atoms with E-state index >= 15 is 0 Å². The summed E-state index contributed by atoms with van der Waals surface area (Å²) in [6.45, 7) is 2.00. The average Bonchev–Trinajstić information content (AvgIpc) is 2.38. The first kappa shape index (κ1) is 11.2. The average molecular weight is 228 g/mol. The fraction of sp³-hybridized carbons (Fsp3) is 0.167. The lowest BCUT2D eigenvalue weighted by Crippen LogP contribution is -1.92. The maximum Gasteiger partial charge on any atom is 0.173 e. The lowest BCUT2D eigenvalue weighted by molar-refractivity contribution is 0.416. The number of benzene rings is 1. The number of aryl methyl sites for hydroxylation is 1. The molecule has 0 aliphatic rings. The van der Waals surface area contributed by atoms with Crippen LogP contribution < -0.4 is 4.74 Å². The van der Waals surface area contributed by atoms with E-state index in [-0.39, 0.29) is 0 Å². The summed E-state index contributed by atoms with van der Waals surface area (Å²) in [5, 5.41) is 0. The molecule has 0 radical (unpaired) electrons. The molecule has 0 N–H and O–H groups in total. The highest BCUT2D eigenvalue weighted by Crippen LogP contribution is 2.27. The number of hydrogen-bond acceptors (Lipinski definition) is 5. The van der Waals surface area contributed by atoms with Crippen LogP contribution >= 0.6 is 0 Å². The Labute approximate surface area is 99.3 Å². The van der Waals surface area contributed by atoms with Gasteiger partial charge in [-0.1, -0.05) is 6.07 Å². The molecule has 0 aliphatic heterocycles. The van der Waals surface area contributed by atoms with E-state index in [2.05, 4.69) is 19.9 Å². The Morgan fingerprint density at radius 2 is 2.00 bits per heavy atom. The number of rotatable bonds is 3. The van der Waals surface area contributed by atoms with Crippen molar-refractivity contribution in [2.45, 2.75) is 6.92 Å². The zero-order chi connectivity index (χ0) is 12.1. The summed E-state index contributed by atoms with van der Waals surface area (Å²) in [6, 6.07) is 5.80. The number of aliphatic imine (C=N–C) groups is 1. The van der Waals surface area contributed by atoms with Crippen molar-refractivity contribution in [3.8, 4) is 5.75 Å². The van der Waals surface area contributed by atoms with Crippen molar-refractivity contribution in [1.29, 1.82) is 0 Å². The van der Waals surface area contributed by atoms with Gasteiger partial charge >= 0.3 is 0 Å². The van der Waals surface area contributed by atoms with Crippen molar-refractivity contribution in [2.24, 2.45) is 4.99 Å². The summed E-state index contributed by atoms with van der Waals surface area (Å²) in [5.74, 6) is 1.25. The first-order valence-electron chi connectivity index (χ1n) is 5.10. The number of ether oxygens (including phenoxy) is 1. The highest BCUT2D eigenvalue weighted by Gasteiger charge is 2.00. The Hall–Kier alpha value is -2.30. The molecule has 2 rings (SSSR count). The molecule has 0 amide bonds. The molecule has 0 spiro atoms. The Kier molecular flexibility index (Phi) is 3.40. The van der Waals surface area contributed by atoms with Gasteiger partial charge in [-0.15, -0.1) is 0 Å². The Morgan fingerprint density at radius 3 is 2.71 bits per heavy atom. The fourth-order valence-corrected chi connectivity index (χ4v) is 1.33. The highest BCUT2D eigenvalue weighted by atomic mass is 16.5. The van der Waals surface area contributed by atoms with Crippen molar-refractivity contribution in [1.82, 2.24) is 15.0 Å². The molecule has 2 aromatic rings. The van der Waals surface area contributed by atoms with Gasteiger partial charge in [0.05, 0.1) is 13.3 Å². The second-order valence-electron chi connectivity index (χ2n) is 3.43. The third kappa shape index (κ3) is 2.84. The molecule has 5 nitrogen and oxygen atoms in total. The molecular weight excluding hydrogens is 216 g/mol. The van der Waals surface area contributed by atoms with Gasteiger partial charge in [-0.25, -0.2) is 19.9 Å². The van der Waals surface area contributed by atoms with Gasteiger partial charge in [-0.2, -0.15) is 0 Å². The SMILES string of the molecule is COc1cc(C)ccc1/N=C/c1ncncn1. The van der Waals surface area contributed by atoms with Gasteiger partial charge in [0.1, 0.15) is 24.1 Å². The van der Waals surface area contributed by atoms with Crippen molar-refractivity contribution in [3.63, 3.8) is 0 Å². The van der Waals surface area contributed by atoms with Crippen LogP contribution in [0.5, 0.6) is 5.75 Å². The molecule has 5 heteroatoms. The molecule has 1 aromatic heterocycles. The smallest absolute Gasteiger partial charge is 0.173 e. The van der Waals surface area contributed by atoms with Crippen LogP contribution in [0.2, 0.25) is 0 Å². The summed E-state index contributed by atoms with van der Waals surface area (Å²) in [7, 11) is 1.62. The third-order valence-corrected chi connectivity index (χ3v) is 2.17. The van der Waals surface area contributed by atoms with Gasteiger partial charge in [-0.05, 0) is 24.6 Å². The Balaban J connectivity index is 2.27. The van der Waals surface area contributed by atoms with E-state index in [0.29, 0.717) is 5.82 Å². The Morgan fingerprint density at radius 1 is 1.24 bits per heavy atom. The van der Waals surface area contributed by atoms with Gasteiger partial charge in [0, 0.05) is 0 Å². The van der Waals surface area contributed by atoms with Gasteiger partial charge in [0.2, 0.25) is 0 Å². The molecule has 0 saturated heterocycles. The minimum absolute atomic E-state index is 0.516. The molecule has 86 valence electrons. The third-order valence-electron chi connectivity index (χ3n) is 2.17. The quantitative estimate of drug-likeness (QED) is 0.753. The molecule has 17 heavy (non-hydrogen) atoms. The van der Waals surface area contributed by atoms with Crippen molar-refractivity contribution >= 4 is 11.9 Å². The van der Waals surface area contributed by atoms with E-state index in [9.17, 15) is 0 Å². The van der Waals surface area contributed by atoms with E-state index in [4.69, 9.17) is 4.74 Å². The van der Waals surface area contributed by atoms with Gasteiger partial charge < -0.3 is 4.74 Å². The molecule has 0 fully saturated rings. The van der Waals surface area contributed by atoms with Crippen LogP contribution in [0.15, 0.2) is 35.8 Å². The van der Waals surface area contributed by atoms with Crippen molar-refractivity contribution in [2.75, 3.05) is 7.11 Å². The largest absolute Gasteiger partial charge is 0.494 e. The molecule has 1 aromatic carbocycles. The molecule has 0 atom stereocenters. The normalized spacial score (nSPS) is 10.7. The minimum Gasteiger partial charge on any atom is -0.494 e. The van der Waals surface area contributed by atoms with Crippen molar-refractivity contribution in [3.05, 3.63) is 42.2 Å². The van der Waals surface area contributed by atoms with Gasteiger partial charge in [0.15, 0.2) is 5.82 Å². The molecule has 0 saturated carbocycles. The summed E-state index contributed by atoms with van der Waals surface area (Å²) in [4.78, 5) is 15.9. The maximum absolute atomic E-state index is 5.25. The van der Waals surface area contributed by atoms with Crippen LogP contribution in [-0.4, -0.2) is 28.3 Å². The van der Waals surface area contributed by atoms with Crippen LogP contribution in [0, 0.1) is 6.92 Å². The summed E-state index contributed by atoms with van der Waals surface area (Å²) >= 11 is 0. The predicted molar refractivity (Wildman–Crippen MR) is 64.8 cm³/mol. The molecule has 0 aliphatic carbocycles. The van der Waals surface area contributed by atoms with E-state index in [0.717, 1.165) is 17.0 Å². The van der Waals surface area contributed by atoms with Crippen molar-refractivity contribution < 1.29 is 4.74 Å².